The highest BCUT2D eigenvalue weighted by Crippen LogP contribution is 2.40. The zero-order valence-electron chi connectivity index (χ0n) is 18.1. The van der Waals surface area contributed by atoms with Gasteiger partial charge in [-0.1, -0.05) is 44.7 Å². The van der Waals surface area contributed by atoms with Crippen LogP contribution in [0.5, 0.6) is 0 Å². The van der Waals surface area contributed by atoms with Crippen molar-refractivity contribution >= 4 is 23.2 Å². The van der Waals surface area contributed by atoms with Crippen molar-refractivity contribution in [1.82, 2.24) is 20.3 Å². The summed E-state index contributed by atoms with van der Waals surface area (Å²) in [5.41, 5.74) is 6.31. The number of nitrogens with two attached hydrogens (primary N) is 1. The second kappa shape index (κ2) is 9.73. The number of nitrogens with zero attached hydrogens (tertiary/aromatic N) is 3. The molecule has 7 nitrogen and oxygen atoms in total. The first-order chi connectivity index (χ1) is 14.3. The molecule has 1 aliphatic rings. The van der Waals surface area contributed by atoms with Gasteiger partial charge in [-0.25, -0.2) is 4.68 Å². The van der Waals surface area contributed by atoms with Crippen LogP contribution in [0.2, 0.25) is 0 Å². The van der Waals surface area contributed by atoms with Crippen LogP contribution in [-0.4, -0.2) is 26.8 Å². The number of carbonyl (C=O) groups is 2. The van der Waals surface area contributed by atoms with Crippen molar-refractivity contribution in [2.24, 2.45) is 17.6 Å². The van der Waals surface area contributed by atoms with E-state index in [4.69, 9.17) is 5.73 Å². The van der Waals surface area contributed by atoms with Crippen LogP contribution in [0.25, 0.3) is 0 Å². The maximum atomic E-state index is 13.0. The van der Waals surface area contributed by atoms with Gasteiger partial charge in [0.15, 0.2) is 0 Å². The molecule has 3 N–H and O–H groups in total. The van der Waals surface area contributed by atoms with Crippen LogP contribution in [0.4, 0.5) is 0 Å². The smallest absolute Gasteiger partial charge is 0.252 e. The van der Waals surface area contributed by atoms with E-state index in [2.05, 4.69) is 29.5 Å². The van der Waals surface area contributed by atoms with Gasteiger partial charge in [0.05, 0.1) is 17.3 Å². The number of aromatic nitrogens is 3. The molecular formula is C22H33N5O2S. The second-order valence-electron chi connectivity index (χ2n) is 8.77. The number of carbonyl (C=O) groups excluding carboxylic acids is 2. The predicted molar refractivity (Wildman–Crippen MR) is 118 cm³/mol. The fourth-order valence-electron chi connectivity index (χ4n) is 4.38. The van der Waals surface area contributed by atoms with Crippen LogP contribution in [0.15, 0.2) is 23.0 Å². The van der Waals surface area contributed by atoms with Gasteiger partial charge in [0.25, 0.3) is 5.91 Å². The standard InChI is InChI=1S/C22H33N5O2S/c1-4-5-6-18(20(23)28)27-13-19(25-26-27)22(3,17-9-7-15(2)8-10-17)24-21(29)16-11-12-30-14-16/h11-15,17-18H,4-10H2,1-3H3,(H2,23,28)(H,24,29)/t15?,17?,18-,22-/m0/s1. The number of rotatable bonds is 9. The Balaban J connectivity index is 1.91. The van der Waals surface area contributed by atoms with E-state index in [1.807, 2.05) is 23.8 Å². The van der Waals surface area contributed by atoms with Crippen LogP contribution in [0.3, 0.4) is 0 Å². The molecule has 0 bridgehead atoms. The van der Waals surface area contributed by atoms with E-state index in [-0.39, 0.29) is 11.8 Å². The van der Waals surface area contributed by atoms with Gasteiger partial charge in [0.2, 0.25) is 5.91 Å². The Morgan fingerprint density at radius 2 is 2.10 bits per heavy atom. The van der Waals surface area contributed by atoms with Crippen molar-refractivity contribution in [2.75, 3.05) is 0 Å². The summed E-state index contributed by atoms with van der Waals surface area (Å²) in [6.45, 7) is 6.39. The van der Waals surface area contributed by atoms with Crippen LogP contribution in [0.1, 0.15) is 87.8 Å². The maximum absolute atomic E-state index is 13.0. The Morgan fingerprint density at radius 1 is 1.37 bits per heavy atom. The third-order valence-electron chi connectivity index (χ3n) is 6.51. The van der Waals surface area contributed by atoms with Crippen molar-refractivity contribution in [3.8, 4) is 0 Å². The summed E-state index contributed by atoms with van der Waals surface area (Å²) in [6.07, 6.45) is 8.58. The van der Waals surface area contributed by atoms with Crippen molar-refractivity contribution in [3.63, 3.8) is 0 Å². The molecule has 2 heterocycles. The molecule has 2 amide bonds. The molecule has 0 aliphatic heterocycles. The lowest BCUT2D eigenvalue weighted by atomic mass is 9.71. The van der Waals surface area contributed by atoms with E-state index in [1.54, 1.807) is 10.9 Å². The minimum Gasteiger partial charge on any atom is -0.368 e. The lowest BCUT2D eigenvalue weighted by Gasteiger charge is -2.40. The van der Waals surface area contributed by atoms with Crippen molar-refractivity contribution < 1.29 is 9.59 Å². The number of unbranched alkanes of at least 4 members (excludes halogenated alkanes) is 1. The first-order valence-electron chi connectivity index (χ1n) is 10.9. The summed E-state index contributed by atoms with van der Waals surface area (Å²) >= 11 is 1.50. The number of hydrogen-bond donors (Lipinski definition) is 2. The Kier molecular flexibility index (Phi) is 7.28. The molecule has 0 radical (unpaired) electrons. The molecule has 2 atom stereocenters. The van der Waals surface area contributed by atoms with Crippen LogP contribution >= 0.6 is 11.3 Å². The molecular weight excluding hydrogens is 398 g/mol. The molecule has 2 aromatic heterocycles. The molecule has 1 aliphatic carbocycles. The minimum absolute atomic E-state index is 0.107. The molecule has 164 valence electrons. The highest BCUT2D eigenvalue weighted by molar-refractivity contribution is 7.08. The molecule has 0 aromatic carbocycles. The first kappa shape index (κ1) is 22.5. The van der Waals surface area contributed by atoms with E-state index < -0.39 is 17.5 Å². The van der Waals surface area contributed by atoms with Gasteiger partial charge in [0.1, 0.15) is 11.7 Å². The molecule has 0 spiro atoms. The third-order valence-corrected chi connectivity index (χ3v) is 7.19. The van der Waals surface area contributed by atoms with E-state index in [9.17, 15) is 9.59 Å². The SMILES string of the molecule is CCCC[C@@H](C(N)=O)n1cc([C@@](C)(NC(=O)c2ccsc2)C2CCC(C)CC2)nn1. The van der Waals surface area contributed by atoms with E-state index in [1.165, 1.54) is 11.3 Å². The zero-order chi connectivity index (χ0) is 21.7. The normalized spacial score (nSPS) is 22.2. The zero-order valence-corrected chi connectivity index (χ0v) is 19.0. The van der Waals surface area contributed by atoms with E-state index in [0.717, 1.165) is 38.5 Å². The highest BCUT2D eigenvalue weighted by atomic mass is 32.1. The number of primary amides is 1. The van der Waals surface area contributed by atoms with Gasteiger partial charge in [-0.3, -0.25) is 9.59 Å². The summed E-state index contributed by atoms with van der Waals surface area (Å²) in [4.78, 5) is 25.0. The fourth-order valence-corrected chi connectivity index (χ4v) is 5.02. The number of amides is 2. The lowest BCUT2D eigenvalue weighted by Crippen LogP contribution is -2.50. The molecule has 2 aromatic rings. The Morgan fingerprint density at radius 3 is 2.70 bits per heavy atom. The van der Waals surface area contributed by atoms with Crippen molar-refractivity contribution in [3.05, 3.63) is 34.3 Å². The van der Waals surface area contributed by atoms with Gasteiger partial charge in [-0.05, 0) is 49.5 Å². The summed E-state index contributed by atoms with van der Waals surface area (Å²) in [5.74, 6) is 0.436. The minimum atomic E-state index is -0.662. The third kappa shape index (κ3) is 4.91. The maximum Gasteiger partial charge on any atom is 0.252 e. The molecule has 0 saturated heterocycles. The molecule has 1 fully saturated rings. The number of thiophene rings is 1. The van der Waals surface area contributed by atoms with Crippen LogP contribution in [-0.2, 0) is 10.3 Å². The van der Waals surface area contributed by atoms with Gasteiger partial charge in [0, 0.05) is 5.38 Å². The Bertz CT molecular complexity index is 842. The summed E-state index contributed by atoms with van der Waals surface area (Å²) < 4.78 is 1.58. The molecule has 8 heteroatoms. The molecule has 0 unspecified atom stereocenters. The van der Waals surface area contributed by atoms with Crippen LogP contribution < -0.4 is 11.1 Å². The number of hydrogen-bond acceptors (Lipinski definition) is 5. The summed E-state index contributed by atoms with van der Waals surface area (Å²) in [6, 6.07) is 1.31. The molecule has 1 saturated carbocycles. The first-order valence-corrected chi connectivity index (χ1v) is 11.9. The van der Waals surface area contributed by atoms with Gasteiger partial charge >= 0.3 is 0 Å². The Labute approximate surface area is 182 Å². The quantitative estimate of drug-likeness (QED) is 0.625. The fraction of sp³-hybridized carbons (Fsp3) is 0.636. The van der Waals surface area contributed by atoms with Gasteiger partial charge < -0.3 is 11.1 Å². The summed E-state index contributed by atoms with van der Waals surface area (Å²) in [7, 11) is 0. The Hall–Kier alpha value is -2.22. The van der Waals surface area contributed by atoms with E-state index >= 15 is 0 Å². The van der Waals surface area contributed by atoms with Crippen molar-refractivity contribution in [2.45, 2.75) is 77.3 Å². The van der Waals surface area contributed by atoms with Gasteiger partial charge in [-0.15, -0.1) is 5.10 Å². The van der Waals surface area contributed by atoms with Crippen LogP contribution in [0, 0.1) is 11.8 Å². The second-order valence-corrected chi connectivity index (χ2v) is 9.55. The highest BCUT2D eigenvalue weighted by Gasteiger charge is 2.41. The predicted octanol–water partition coefficient (Wildman–Crippen LogP) is 4.03. The molecule has 30 heavy (non-hydrogen) atoms. The lowest BCUT2D eigenvalue weighted by molar-refractivity contribution is -0.121. The number of nitrogens with one attached hydrogen (secondary N) is 1. The van der Waals surface area contributed by atoms with Gasteiger partial charge in [-0.2, -0.15) is 11.3 Å². The summed E-state index contributed by atoms with van der Waals surface area (Å²) in [5, 5.41) is 15.7. The largest absolute Gasteiger partial charge is 0.368 e. The average molecular weight is 432 g/mol. The van der Waals surface area contributed by atoms with Crippen molar-refractivity contribution in [1.29, 1.82) is 0 Å². The molecule has 3 rings (SSSR count). The monoisotopic (exact) mass is 431 g/mol. The topological polar surface area (TPSA) is 103 Å². The van der Waals surface area contributed by atoms with E-state index in [0.29, 0.717) is 23.6 Å². The average Bonchev–Trinajstić information content (AvgIpc) is 3.41.